The number of esters is 1. The molecule has 0 aliphatic carbocycles. The second kappa shape index (κ2) is 7.19. The molecule has 1 aromatic carbocycles. The van der Waals surface area contributed by atoms with Gasteiger partial charge < -0.3 is 14.8 Å². The Hall–Kier alpha value is -1.69. The van der Waals surface area contributed by atoms with Gasteiger partial charge in [-0.3, -0.25) is 4.79 Å². The molecule has 0 spiro atoms. The molecule has 5 nitrogen and oxygen atoms in total. The number of para-hydroxylation sites is 1. The number of thioether (sulfide) groups is 1. The van der Waals surface area contributed by atoms with Gasteiger partial charge >= 0.3 is 5.97 Å². The molecule has 0 saturated carbocycles. The second-order valence-corrected chi connectivity index (χ2v) is 5.43. The molecule has 1 N–H and O–H groups in total. The first-order chi connectivity index (χ1) is 9.66. The van der Waals surface area contributed by atoms with Crippen molar-refractivity contribution in [1.82, 2.24) is 5.32 Å². The summed E-state index contributed by atoms with van der Waals surface area (Å²) in [6.45, 7) is 2.24. The molecule has 20 heavy (non-hydrogen) atoms. The van der Waals surface area contributed by atoms with Crippen LogP contribution in [-0.4, -0.2) is 36.9 Å². The van der Waals surface area contributed by atoms with E-state index in [2.05, 4.69) is 5.32 Å². The van der Waals surface area contributed by atoms with Crippen LogP contribution in [0.4, 0.5) is 0 Å². The van der Waals surface area contributed by atoms with Crippen molar-refractivity contribution >= 4 is 23.6 Å². The van der Waals surface area contributed by atoms with Gasteiger partial charge in [-0.05, 0) is 18.6 Å². The highest BCUT2D eigenvalue weighted by atomic mass is 32.2. The van der Waals surface area contributed by atoms with Crippen molar-refractivity contribution in [2.45, 2.75) is 24.3 Å². The fourth-order valence-electron chi connectivity index (χ4n) is 1.74. The lowest BCUT2D eigenvalue weighted by Gasteiger charge is -2.23. The number of ether oxygens (including phenoxy) is 2. The molecule has 0 aromatic heterocycles. The summed E-state index contributed by atoms with van der Waals surface area (Å²) >= 11 is 1.59. The zero-order valence-corrected chi connectivity index (χ0v) is 12.1. The summed E-state index contributed by atoms with van der Waals surface area (Å²) in [6.07, 6.45) is 0.0394. The van der Waals surface area contributed by atoms with Gasteiger partial charge in [0.05, 0.1) is 6.61 Å². The van der Waals surface area contributed by atoms with E-state index < -0.39 is 6.10 Å². The van der Waals surface area contributed by atoms with Crippen LogP contribution in [0.2, 0.25) is 0 Å². The lowest BCUT2D eigenvalue weighted by atomic mass is 10.3. The van der Waals surface area contributed by atoms with Gasteiger partial charge in [0.15, 0.2) is 0 Å². The Bertz CT molecular complexity index is 492. The largest absolute Gasteiger partial charge is 0.477 e. The average molecular weight is 295 g/mol. The Morgan fingerprint density at radius 1 is 1.45 bits per heavy atom. The summed E-state index contributed by atoms with van der Waals surface area (Å²) in [4.78, 5) is 23.6. The normalized spacial score (nSPS) is 16.8. The number of hydrogen-bond donors (Lipinski definition) is 1. The van der Waals surface area contributed by atoms with Gasteiger partial charge in [-0.25, -0.2) is 4.79 Å². The van der Waals surface area contributed by atoms with Gasteiger partial charge in [-0.2, -0.15) is 0 Å². The van der Waals surface area contributed by atoms with E-state index in [1.807, 2.05) is 24.3 Å². The van der Waals surface area contributed by atoms with E-state index in [9.17, 15) is 9.59 Å². The molecule has 1 amide bonds. The SMILES string of the molecule is CC(=O)NCCCOC(=O)C1CSc2ccccc2O1. The quantitative estimate of drug-likeness (QED) is 0.660. The van der Waals surface area contributed by atoms with Gasteiger partial charge in [-0.15, -0.1) is 11.8 Å². The number of carbonyl (C=O) groups excluding carboxylic acids is 2. The smallest absolute Gasteiger partial charge is 0.348 e. The highest BCUT2D eigenvalue weighted by molar-refractivity contribution is 7.99. The lowest BCUT2D eigenvalue weighted by molar-refractivity contribution is -0.151. The highest BCUT2D eigenvalue weighted by Crippen LogP contribution is 2.35. The van der Waals surface area contributed by atoms with Crippen LogP contribution in [0.25, 0.3) is 0 Å². The fraction of sp³-hybridized carbons (Fsp3) is 0.429. The molecule has 1 aromatic rings. The monoisotopic (exact) mass is 295 g/mol. The number of benzene rings is 1. The first-order valence-electron chi connectivity index (χ1n) is 6.46. The molecule has 1 aliphatic heterocycles. The summed E-state index contributed by atoms with van der Waals surface area (Å²) in [7, 11) is 0. The van der Waals surface area contributed by atoms with Crippen molar-refractivity contribution in [1.29, 1.82) is 0 Å². The number of fused-ring (bicyclic) bond motifs is 1. The molecule has 1 atom stereocenters. The molecule has 1 aliphatic rings. The van der Waals surface area contributed by atoms with E-state index in [1.165, 1.54) is 6.92 Å². The molecule has 108 valence electrons. The Kier molecular flexibility index (Phi) is 5.29. The minimum Gasteiger partial charge on any atom is -0.477 e. The van der Waals surface area contributed by atoms with Gasteiger partial charge in [0.25, 0.3) is 0 Å². The fourth-order valence-corrected chi connectivity index (χ4v) is 2.71. The predicted octanol–water partition coefficient (Wildman–Crippen LogP) is 1.61. The first kappa shape index (κ1) is 14.7. The maximum atomic E-state index is 11.9. The third-order valence-corrected chi connectivity index (χ3v) is 3.83. The van der Waals surface area contributed by atoms with E-state index in [0.29, 0.717) is 18.7 Å². The van der Waals surface area contributed by atoms with E-state index in [0.717, 1.165) is 10.6 Å². The van der Waals surface area contributed by atoms with Crippen molar-refractivity contribution in [3.63, 3.8) is 0 Å². The standard InChI is InChI=1S/C14H17NO4S/c1-10(16)15-7-4-8-18-14(17)12-9-20-13-6-3-2-5-11(13)19-12/h2-3,5-6,12H,4,7-9H2,1H3,(H,15,16). The third kappa shape index (κ3) is 4.16. The first-order valence-corrected chi connectivity index (χ1v) is 7.45. The summed E-state index contributed by atoms with van der Waals surface area (Å²) in [6, 6.07) is 7.63. The van der Waals surface area contributed by atoms with Crippen LogP contribution in [0, 0.1) is 0 Å². The molecule has 2 rings (SSSR count). The van der Waals surface area contributed by atoms with E-state index in [-0.39, 0.29) is 18.5 Å². The Morgan fingerprint density at radius 2 is 2.25 bits per heavy atom. The highest BCUT2D eigenvalue weighted by Gasteiger charge is 2.27. The number of carbonyl (C=O) groups is 2. The summed E-state index contributed by atoms with van der Waals surface area (Å²) in [5.74, 6) is 0.848. The van der Waals surface area contributed by atoms with Crippen LogP contribution in [0.1, 0.15) is 13.3 Å². The maximum absolute atomic E-state index is 11.9. The summed E-state index contributed by atoms with van der Waals surface area (Å²) in [5.41, 5.74) is 0. The summed E-state index contributed by atoms with van der Waals surface area (Å²) < 4.78 is 10.8. The Labute approximate surface area is 122 Å². The zero-order valence-electron chi connectivity index (χ0n) is 11.3. The third-order valence-electron chi connectivity index (χ3n) is 2.71. The number of nitrogens with one attached hydrogen (secondary N) is 1. The second-order valence-electron chi connectivity index (χ2n) is 4.37. The molecule has 0 radical (unpaired) electrons. The maximum Gasteiger partial charge on any atom is 0.348 e. The van der Waals surface area contributed by atoms with Crippen LogP contribution < -0.4 is 10.1 Å². The van der Waals surface area contributed by atoms with Gasteiger partial charge in [0.2, 0.25) is 12.0 Å². The topological polar surface area (TPSA) is 64.6 Å². The zero-order chi connectivity index (χ0) is 14.4. The van der Waals surface area contributed by atoms with Crippen molar-refractivity contribution in [2.75, 3.05) is 18.9 Å². The molecule has 1 unspecified atom stereocenters. The molecule has 1 heterocycles. The Balaban J connectivity index is 1.73. The minimum absolute atomic E-state index is 0.0834. The van der Waals surface area contributed by atoms with Gasteiger partial charge in [0.1, 0.15) is 5.75 Å². The van der Waals surface area contributed by atoms with Crippen molar-refractivity contribution in [3.05, 3.63) is 24.3 Å². The van der Waals surface area contributed by atoms with Crippen molar-refractivity contribution in [3.8, 4) is 5.75 Å². The number of amides is 1. The predicted molar refractivity (Wildman–Crippen MR) is 75.8 cm³/mol. The molecular formula is C14H17NO4S. The summed E-state index contributed by atoms with van der Waals surface area (Å²) in [5, 5.41) is 2.65. The van der Waals surface area contributed by atoms with E-state index in [1.54, 1.807) is 11.8 Å². The average Bonchev–Trinajstić information content (AvgIpc) is 2.46. The van der Waals surface area contributed by atoms with Crippen LogP contribution >= 0.6 is 11.8 Å². The van der Waals surface area contributed by atoms with Crippen molar-refractivity contribution < 1.29 is 19.1 Å². The van der Waals surface area contributed by atoms with Crippen LogP contribution in [0.15, 0.2) is 29.2 Å². The van der Waals surface area contributed by atoms with Crippen LogP contribution in [0.3, 0.4) is 0 Å². The van der Waals surface area contributed by atoms with Crippen LogP contribution in [-0.2, 0) is 14.3 Å². The van der Waals surface area contributed by atoms with Gasteiger partial charge in [-0.1, -0.05) is 12.1 Å². The minimum atomic E-state index is -0.560. The molecule has 0 fully saturated rings. The molecule has 0 saturated heterocycles. The van der Waals surface area contributed by atoms with Crippen molar-refractivity contribution in [2.24, 2.45) is 0 Å². The van der Waals surface area contributed by atoms with Crippen LogP contribution in [0.5, 0.6) is 5.75 Å². The number of rotatable bonds is 5. The Morgan fingerprint density at radius 3 is 3.05 bits per heavy atom. The lowest BCUT2D eigenvalue weighted by Crippen LogP contribution is -2.34. The number of hydrogen-bond acceptors (Lipinski definition) is 5. The molecular weight excluding hydrogens is 278 g/mol. The van der Waals surface area contributed by atoms with E-state index >= 15 is 0 Å². The molecule has 6 heteroatoms. The van der Waals surface area contributed by atoms with E-state index in [4.69, 9.17) is 9.47 Å². The van der Waals surface area contributed by atoms with Gasteiger partial charge in [0, 0.05) is 24.1 Å². The molecule has 0 bridgehead atoms.